The lowest BCUT2D eigenvalue weighted by atomic mass is 10.2. The summed E-state index contributed by atoms with van der Waals surface area (Å²) in [6, 6.07) is 12.5. The highest BCUT2D eigenvalue weighted by atomic mass is 32.2. The third-order valence-electron chi connectivity index (χ3n) is 4.38. The number of hydrogen-bond acceptors (Lipinski definition) is 4. The first-order chi connectivity index (χ1) is 12.4. The summed E-state index contributed by atoms with van der Waals surface area (Å²) >= 11 is 0. The van der Waals surface area contributed by atoms with Crippen molar-refractivity contribution in [2.24, 2.45) is 0 Å². The van der Waals surface area contributed by atoms with Gasteiger partial charge in [0.25, 0.3) is 0 Å². The number of ether oxygens (including phenoxy) is 1. The Morgan fingerprint density at radius 1 is 1.23 bits per heavy atom. The molecule has 0 aliphatic carbocycles. The molecule has 1 heterocycles. The van der Waals surface area contributed by atoms with Crippen molar-refractivity contribution >= 4 is 21.6 Å². The summed E-state index contributed by atoms with van der Waals surface area (Å²) < 4.78 is 33.1. The second-order valence-electron chi connectivity index (χ2n) is 6.22. The standard InChI is InChI=1S/C19H22N2O4S/c1-14-5-3-4-6-19(14)25-12-10-20-26(23,24)17-7-8-18-16(13-17)9-11-21(18)15(2)22/h3-8,13,20H,9-12H2,1-2H3. The summed E-state index contributed by atoms with van der Waals surface area (Å²) in [5.74, 6) is 0.708. The minimum atomic E-state index is -3.62. The third-order valence-corrected chi connectivity index (χ3v) is 5.84. The lowest BCUT2D eigenvalue weighted by Crippen LogP contribution is -2.28. The van der Waals surface area contributed by atoms with Crippen LogP contribution in [0.3, 0.4) is 0 Å². The normalized spacial score (nSPS) is 13.5. The molecule has 138 valence electrons. The number of nitrogens with zero attached hydrogens (tertiary/aromatic N) is 1. The van der Waals surface area contributed by atoms with Crippen LogP contribution in [-0.2, 0) is 21.2 Å². The predicted molar refractivity (Wildman–Crippen MR) is 100 cm³/mol. The van der Waals surface area contributed by atoms with Crippen molar-refractivity contribution in [2.75, 3.05) is 24.6 Å². The highest BCUT2D eigenvalue weighted by Gasteiger charge is 2.24. The van der Waals surface area contributed by atoms with Gasteiger partial charge in [-0.05, 0) is 48.7 Å². The van der Waals surface area contributed by atoms with Gasteiger partial charge in [-0.25, -0.2) is 13.1 Å². The smallest absolute Gasteiger partial charge is 0.240 e. The summed E-state index contributed by atoms with van der Waals surface area (Å²) in [6.45, 7) is 4.45. The SMILES string of the molecule is CC(=O)N1CCc2cc(S(=O)(=O)NCCOc3ccccc3C)ccc21. The zero-order chi connectivity index (χ0) is 18.7. The summed E-state index contributed by atoms with van der Waals surface area (Å²) in [6.07, 6.45) is 0.661. The Hall–Kier alpha value is -2.38. The second-order valence-corrected chi connectivity index (χ2v) is 7.99. The van der Waals surface area contributed by atoms with E-state index in [9.17, 15) is 13.2 Å². The minimum absolute atomic E-state index is 0.0363. The Morgan fingerprint density at radius 2 is 2.00 bits per heavy atom. The molecule has 1 aliphatic rings. The molecule has 26 heavy (non-hydrogen) atoms. The molecule has 2 aromatic carbocycles. The van der Waals surface area contributed by atoms with E-state index in [1.54, 1.807) is 17.0 Å². The van der Waals surface area contributed by atoms with Gasteiger partial charge in [0, 0.05) is 25.7 Å². The van der Waals surface area contributed by atoms with Crippen LogP contribution in [0.5, 0.6) is 5.75 Å². The average molecular weight is 374 g/mol. The molecule has 1 amide bonds. The van der Waals surface area contributed by atoms with E-state index in [4.69, 9.17) is 4.74 Å². The number of carbonyl (C=O) groups excluding carboxylic acids is 1. The number of anilines is 1. The van der Waals surface area contributed by atoms with Gasteiger partial charge in [-0.2, -0.15) is 0 Å². The summed E-state index contributed by atoms with van der Waals surface area (Å²) in [5.41, 5.74) is 2.67. The molecule has 0 saturated carbocycles. The van der Waals surface area contributed by atoms with Gasteiger partial charge in [0.1, 0.15) is 12.4 Å². The number of nitrogens with one attached hydrogen (secondary N) is 1. The van der Waals surface area contributed by atoms with E-state index in [1.807, 2.05) is 31.2 Å². The third kappa shape index (κ3) is 3.89. The fourth-order valence-corrected chi connectivity index (χ4v) is 4.07. The molecule has 3 rings (SSSR count). The van der Waals surface area contributed by atoms with Crippen LogP contribution in [0.1, 0.15) is 18.1 Å². The molecule has 7 heteroatoms. The molecule has 0 bridgehead atoms. The van der Waals surface area contributed by atoms with Crippen molar-refractivity contribution in [2.45, 2.75) is 25.2 Å². The van der Waals surface area contributed by atoms with Gasteiger partial charge < -0.3 is 9.64 Å². The van der Waals surface area contributed by atoms with Crippen molar-refractivity contribution in [1.29, 1.82) is 0 Å². The van der Waals surface area contributed by atoms with Crippen LogP contribution >= 0.6 is 0 Å². The number of hydrogen-bond donors (Lipinski definition) is 1. The number of benzene rings is 2. The van der Waals surface area contributed by atoms with Crippen LogP contribution in [-0.4, -0.2) is 34.0 Å². The van der Waals surface area contributed by atoms with E-state index >= 15 is 0 Å². The fraction of sp³-hybridized carbons (Fsp3) is 0.316. The highest BCUT2D eigenvalue weighted by Crippen LogP contribution is 2.30. The van der Waals surface area contributed by atoms with Gasteiger partial charge >= 0.3 is 0 Å². The van der Waals surface area contributed by atoms with Crippen LogP contribution in [0.25, 0.3) is 0 Å². The zero-order valence-electron chi connectivity index (χ0n) is 14.9. The number of amides is 1. The number of para-hydroxylation sites is 1. The van der Waals surface area contributed by atoms with Gasteiger partial charge in [0.2, 0.25) is 15.9 Å². The lowest BCUT2D eigenvalue weighted by molar-refractivity contribution is -0.116. The van der Waals surface area contributed by atoms with Crippen LogP contribution in [0, 0.1) is 6.92 Å². The Morgan fingerprint density at radius 3 is 2.73 bits per heavy atom. The molecule has 0 aromatic heterocycles. The van der Waals surface area contributed by atoms with E-state index in [0.29, 0.717) is 13.0 Å². The van der Waals surface area contributed by atoms with Crippen LogP contribution < -0.4 is 14.4 Å². The number of rotatable bonds is 6. The van der Waals surface area contributed by atoms with Gasteiger partial charge in [-0.1, -0.05) is 18.2 Å². The van der Waals surface area contributed by atoms with Crippen molar-refractivity contribution in [3.8, 4) is 5.75 Å². The first-order valence-electron chi connectivity index (χ1n) is 8.47. The van der Waals surface area contributed by atoms with Crippen LogP contribution in [0.4, 0.5) is 5.69 Å². The van der Waals surface area contributed by atoms with Gasteiger partial charge in [0.15, 0.2) is 0 Å². The maximum Gasteiger partial charge on any atom is 0.240 e. The molecule has 2 aromatic rings. The molecule has 6 nitrogen and oxygen atoms in total. The Bertz CT molecular complexity index is 925. The molecule has 0 saturated heterocycles. The summed E-state index contributed by atoms with van der Waals surface area (Å²) in [7, 11) is -3.62. The predicted octanol–water partition coefficient (Wildman–Crippen LogP) is 2.26. The van der Waals surface area contributed by atoms with Crippen molar-refractivity contribution in [1.82, 2.24) is 4.72 Å². The molecule has 0 spiro atoms. The molecular weight excluding hydrogens is 352 g/mol. The number of fused-ring (bicyclic) bond motifs is 1. The van der Waals surface area contributed by atoms with E-state index in [-0.39, 0.29) is 24.0 Å². The average Bonchev–Trinajstić information content (AvgIpc) is 3.03. The van der Waals surface area contributed by atoms with E-state index in [0.717, 1.165) is 22.6 Å². The van der Waals surface area contributed by atoms with E-state index in [2.05, 4.69) is 4.72 Å². The molecule has 1 aliphatic heterocycles. The number of sulfonamides is 1. The number of carbonyl (C=O) groups is 1. The molecule has 0 radical (unpaired) electrons. The topological polar surface area (TPSA) is 75.7 Å². The Balaban J connectivity index is 1.62. The first kappa shape index (κ1) is 18.4. The lowest BCUT2D eigenvalue weighted by Gasteiger charge is -2.15. The quantitative estimate of drug-likeness (QED) is 0.787. The van der Waals surface area contributed by atoms with Gasteiger partial charge in [-0.15, -0.1) is 0 Å². The zero-order valence-corrected chi connectivity index (χ0v) is 15.7. The fourth-order valence-electron chi connectivity index (χ4n) is 3.01. The Kier molecular flexibility index (Phi) is 5.29. The van der Waals surface area contributed by atoms with Crippen molar-refractivity contribution < 1.29 is 17.9 Å². The monoisotopic (exact) mass is 374 g/mol. The molecule has 0 atom stereocenters. The summed E-state index contributed by atoms with van der Waals surface area (Å²) in [4.78, 5) is 13.5. The highest BCUT2D eigenvalue weighted by molar-refractivity contribution is 7.89. The summed E-state index contributed by atoms with van der Waals surface area (Å²) in [5, 5.41) is 0. The van der Waals surface area contributed by atoms with Crippen molar-refractivity contribution in [3.05, 3.63) is 53.6 Å². The molecular formula is C19H22N2O4S. The second kappa shape index (κ2) is 7.47. The van der Waals surface area contributed by atoms with Gasteiger partial charge in [0.05, 0.1) is 4.90 Å². The largest absolute Gasteiger partial charge is 0.492 e. The minimum Gasteiger partial charge on any atom is -0.492 e. The first-order valence-corrected chi connectivity index (χ1v) is 9.96. The molecule has 0 fully saturated rings. The van der Waals surface area contributed by atoms with Crippen LogP contribution in [0.15, 0.2) is 47.4 Å². The Labute approximate surface area is 153 Å². The van der Waals surface area contributed by atoms with Crippen LogP contribution in [0.2, 0.25) is 0 Å². The van der Waals surface area contributed by atoms with Crippen molar-refractivity contribution in [3.63, 3.8) is 0 Å². The number of aryl methyl sites for hydroxylation is 1. The van der Waals surface area contributed by atoms with E-state index < -0.39 is 10.0 Å². The van der Waals surface area contributed by atoms with Gasteiger partial charge in [-0.3, -0.25) is 4.79 Å². The maximum atomic E-state index is 12.5. The molecule has 1 N–H and O–H groups in total. The molecule has 0 unspecified atom stereocenters. The maximum absolute atomic E-state index is 12.5. The van der Waals surface area contributed by atoms with E-state index in [1.165, 1.54) is 13.0 Å².